The average molecular weight is 290 g/mol. The molecular formula is C17H26N2O2. The number of aromatic nitrogens is 1. The maximum absolute atomic E-state index is 11.3. The molecule has 1 fully saturated rings. The molecule has 0 amide bonds. The van der Waals surface area contributed by atoms with Crippen molar-refractivity contribution in [2.75, 3.05) is 5.32 Å². The first-order chi connectivity index (χ1) is 10.1. The molecule has 2 N–H and O–H groups in total. The third-order valence-electron chi connectivity index (χ3n) is 4.14. The molecule has 2 rings (SSSR count). The van der Waals surface area contributed by atoms with Crippen LogP contribution in [0.1, 0.15) is 80.8 Å². The van der Waals surface area contributed by atoms with E-state index in [2.05, 4.69) is 10.3 Å². The molecular weight excluding hydrogens is 264 g/mol. The summed E-state index contributed by atoms with van der Waals surface area (Å²) in [6, 6.07) is 3.75. The van der Waals surface area contributed by atoms with Crippen LogP contribution in [0, 0.1) is 0 Å². The average Bonchev–Trinajstić information content (AvgIpc) is 2.41. The number of aromatic carboxylic acids is 1. The normalized spacial score (nSPS) is 17.3. The minimum Gasteiger partial charge on any atom is -0.478 e. The van der Waals surface area contributed by atoms with E-state index >= 15 is 0 Å². The van der Waals surface area contributed by atoms with Gasteiger partial charge < -0.3 is 10.4 Å². The second-order valence-electron chi connectivity index (χ2n) is 6.31. The van der Waals surface area contributed by atoms with Crippen molar-refractivity contribution in [3.8, 4) is 0 Å². The van der Waals surface area contributed by atoms with Crippen LogP contribution < -0.4 is 5.32 Å². The molecule has 1 heterocycles. The van der Waals surface area contributed by atoms with Gasteiger partial charge in [-0.3, -0.25) is 0 Å². The van der Waals surface area contributed by atoms with Crippen molar-refractivity contribution >= 4 is 11.8 Å². The number of hydrogen-bond donors (Lipinski definition) is 2. The minimum atomic E-state index is -0.889. The van der Waals surface area contributed by atoms with E-state index in [-0.39, 0.29) is 5.92 Å². The van der Waals surface area contributed by atoms with Gasteiger partial charge in [0.25, 0.3) is 0 Å². The molecule has 0 aliphatic heterocycles. The van der Waals surface area contributed by atoms with Gasteiger partial charge in [0.2, 0.25) is 0 Å². The Balaban J connectivity index is 2.15. The summed E-state index contributed by atoms with van der Waals surface area (Å²) in [5.41, 5.74) is 1.16. The highest BCUT2D eigenvalue weighted by molar-refractivity contribution is 5.88. The van der Waals surface area contributed by atoms with Gasteiger partial charge in [0, 0.05) is 11.7 Å². The maximum atomic E-state index is 11.3. The van der Waals surface area contributed by atoms with Crippen LogP contribution in [0.3, 0.4) is 0 Å². The molecule has 0 unspecified atom stereocenters. The summed E-state index contributed by atoms with van der Waals surface area (Å²) in [6.07, 6.45) is 8.74. The van der Waals surface area contributed by atoms with E-state index in [1.807, 2.05) is 13.8 Å². The molecule has 1 aliphatic rings. The van der Waals surface area contributed by atoms with Crippen LogP contribution in [0.25, 0.3) is 0 Å². The lowest BCUT2D eigenvalue weighted by atomic mass is 9.96. The topological polar surface area (TPSA) is 62.2 Å². The fraction of sp³-hybridized carbons (Fsp3) is 0.647. The van der Waals surface area contributed by atoms with Gasteiger partial charge in [0.05, 0.1) is 5.56 Å². The van der Waals surface area contributed by atoms with E-state index < -0.39 is 5.97 Å². The van der Waals surface area contributed by atoms with Crippen LogP contribution in [0.2, 0.25) is 0 Å². The summed E-state index contributed by atoms with van der Waals surface area (Å²) < 4.78 is 0. The standard InChI is InChI=1S/C17H26N2O2/c1-12(2)15-10-13(17(20)21)11-16(19-15)18-14-8-6-4-3-5-7-9-14/h10-12,14H,3-9H2,1-2H3,(H,18,19)(H,20,21). The zero-order chi connectivity index (χ0) is 15.2. The van der Waals surface area contributed by atoms with Gasteiger partial charge in [-0.2, -0.15) is 0 Å². The first kappa shape index (κ1) is 15.8. The second-order valence-corrected chi connectivity index (χ2v) is 6.31. The fourth-order valence-electron chi connectivity index (χ4n) is 2.85. The molecule has 1 saturated carbocycles. The quantitative estimate of drug-likeness (QED) is 0.861. The first-order valence-corrected chi connectivity index (χ1v) is 8.08. The molecule has 0 saturated heterocycles. The smallest absolute Gasteiger partial charge is 0.335 e. The number of nitrogens with one attached hydrogen (secondary N) is 1. The van der Waals surface area contributed by atoms with Crippen LogP contribution >= 0.6 is 0 Å². The van der Waals surface area contributed by atoms with E-state index in [0.717, 1.165) is 18.5 Å². The Morgan fingerprint density at radius 2 is 1.81 bits per heavy atom. The van der Waals surface area contributed by atoms with Crippen LogP contribution in [0.15, 0.2) is 12.1 Å². The number of hydrogen-bond acceptors (Lipinski definition) is 3. The van der Waals surface area contributed by atoms with Crippen LogP contribution in [-0.4, -0.2) is 22.1 Å². The second kappa shape index (κ2) is 7.43. The van der Waals surface area contributed by atoms with E-state index in [1.54, 1.807) is 12.1 Å². The Morgan fingerprint density at radius 3 is 2.38 bits per heavy atom. The van der Waals surface area contributed by atoms with Gasteiger partial charge in [-0.05, 0) is 30.9 Å². The lowest BCUT2D eigenvalue weighted by Crippen LogP contribution is -2.22. The van der Waals surface area contributed by atoms with E-state index in [1.165, 1.54) is 32.1 Å². The Hall–Kier alpha value is -1.58. The number of carboxylic acid groups (broad SMARTS) is 1. The van der Waals surface area contributed by atoms with E-state index in [0.29, 0.717) is 17.4 Å². The van der Waals surface area contributed by atoms with Gasteiger partial charge in [0.15, 0.2) is 0 Å². The highest BCUT2D eigenvalue weighted by Crippen LogP contribution is 2.22. The first-order valence-electron chi connectivity index (χ1n) is 8.08. The molecule has 0 radical (unpaired) electrons. The highest BCUT2D eigenvalue weighted by Gasteiger charge is 2.15. The summed E-state index contributed by atoms with van der Waals surface area (Å²) in [6.45, 7) is 4.07. The molecule has 0 atom stereocenters. The third kappa shape index (κ3) is 4.73. The number of carbonyl (C=O) groups is 1. The van der Waals surface area contributed by atoms with Crippen LogP contribution in [0.5, 0.6) is 0 Å². The predicted molar refractivity (Wildman–Crippen MR) is 85.0 cm³/mol. The number of pyridine rings is 1. The molecule has 21 heavy (non-hydrogen) atoms. The van der Waals surface area contributed by atoms with Crippen molar-refractivity contribution in [1.29, 1.82) is 0 Å². The van der Waals surface area contributed by atoms with Crippen LogP contribution in [-0.2, 0) is 0 Å². The fourth-order valence-corrected chi connectivity index (χ4v) is 2.85. The highest BCUT2D eigenvalue weighted by atomic mass is 16.4. The zero-order valence-electron chi connectivity index (χ0n) is 13.1. The van der Waals surface area contributed by atoms with Crippen molar-refractivity contribution in [2.24, 2.45) is 0 Å². The number of nitrogens with zero attached hydrogens (tertiary/aromatic N) is 1. The Kier molecular flexibility index (Phi) is 5.59. The maximum Gasteiger partial charge on any atom is 0.335 e. The molecule has 116 valence electrons. The van der Waals surface area contributed by atoms with Gasteiger partial charge in [-0.15, -0.1) is 0 Å². The lowest BCUT2D eigenvalue weighted by molar-refractivity contribution is 0.0696. The van der Waals surface area contributed by atoms with Gasteiger partial charge >= 0.3 is 5.97 Å². The number of rotatable bonds is 4. The Bertz CT molecular complexity index is 478. The van der Waals surface area contributed by atoms with E-state index in [4.69, 9.17) is 0 Å². The van der Waals surface area contributed by atoms with Crippen molar-refractivity contribution < 1.29 is 9.90 Å². The molecule has 4 nitrogen and oxygen atoms in total. The Labute approximate surface area is 127 Å². The molecule has 0 spiro atoms. The lowest BCUT2D eigenvalue weighted by Gasteiger charge is -2.22. The van der Waals surface area contributed by atoms with Gasteiger partial charge in [-0.25, -0.2) is 9.78 Å². The summed E-state index contributed by atoms with van der Waals surface area (Å²) in [5.74, 6) is 0.0476. The number of carboxylic acids is 1. The molecule has 1 aromatic heterocycles. The van der Waals surface area contributed by atoms with Crippen LogP contribution in [0.4, 0.5) is 5.82 Å². The summed E-state index contributed by atoms with van der Waals surface area (Å²) in [5, 5.41) is 12.7. The SMILES string of the molecule is CC(C)c1cc(C(=O)O)cc(NC2CCCCCCC2)n1. The molecule has 1 aromatic rings. The van der Waals surface area contributed by atoms with Crippen molar-refractivity contribution in [2.45, 2.75) is 70.8 Å². The van der Waals surface area contributed by atoms with Crippen molar-refractivity contribution in [1.82, 2.24) is 4.98 Å². The Morgan fingerprint density at radius 1 is 1.19 bits per heavy atom. The van der Waals surface area contributed by atoms with E-state index in [9.17, 15) is 9.90 Å². The largest absolute Gasteiger partial charge is 0.478 e. The minimum absolute atomic E-state index is 0.224. The molecule has 4 heteroatoms. The summed E-state index contributed by atoms with van der Waals surface area (Å²) in [7, 11) is 0. The monoisotopic (exact) mass is 290 g/mol. The molecule has 0 aromatic carbocycles. The predicted octanol–water partition coefficient (Wildman–Crippen LogP) is 4.43. The van der Waals surface area contributed by atoms with Crippen molar-refractivity contribution in [3.05, 3.63) is 23.4 Å². The number of anilines is 1. The third-order valence-corrected chi connectivity index (χ3v) is 4.14. The van der Waals surface area contributed by atoms with Gasteiger partial charge in [0.1, 0.15) is 5.82 Å². The molecule has 0 bridgehead atoms. The summed E-state index contributed by atoms with van der Waals surface area (Å²) >= 11 is 0. The molecule has 1 aliphatic carbocycles. The summed E-state index contributed by atoms with van der Waals surface area (Å²) in [4.78, 5) is 15.9. The van der Waals surface area contributed by atoms with Crippen molar-refractivity contribution in [3.63, 3.8) is 0 Å². The van der Waals surface area contributed by atoms with Gasteiger partial charge in [-0.1, -0.05) is 46.0 Å². The zero-order valence-corrected chi connectivity index (χ0v) is 13.1.